The first kappa shape index (κ1) is 15.7. The van der Waals surface area contributed by atoms with E-state index in [1.165, 1.54) is 4.90 Å². The molecule has 0 bridgehead atoms. The third-order valence-electron chi connectivity index (χ3n) is 3.42. The van der Waals surface area contributed by atoms with E-state index in [9.17, 15) is 9.90 Å². The van der Waals surface area contributed by atoms with Crippen molar-refractivity contribution in [2.45, 2.75) is 43.7 Å². The third kappa shape index (κ3) is 3.90. The molecule has 1 aliphatic heterocycles. The zero-order valence-corrected chi connectivity index (χ0v) is 13.3. The lowest BCUT2D eigenvalue weighted by molar-refractivity contribution is -0.140. The van der Waals surface area contributed by atoms with Gasteiger partial charge in [-0.15, -0.1) is 11.8 Å². The molecule has 0 amide bonds. The summed E-state index contributed by atoms with van der Waals surface area (Å²) in [5.41, 5.74) is 1.13. The van der Waals surface area contributed by atoms with Crippen LogP contribution in [0, 0.1) is 5.92 Å². The molecule has 1 aromatic rings. The van der Waals surface area contributed by atoms with Gasteiger partial charge in [-0.25, -0.2) is 0 Å². The highest BCUT2D eigenvalue weighted by Gasteiger charge is 2.27. The van der Waals surface area contributed by atoms with E-state index in [1.54, 1.807) is 11.8 Å². The molecule has 110 valence electrons. The van der Waals surface area contributed by atoms with Gasteiger partial charge >= 0.3 is 5.97 Å². The van der Waals surface area contributed by atoms with Crippen molar-refractivity contribution in [2.24, 2.45) is 5.92 Å². The molecule has 0 aliphatic carbocycles. The molecular formula is C15H20ClNO2S. The monoisotopic (exact) mass is 313 g/mol. The molecular weight excluding hydrogens is 294 g/mol. The smallest absolute Gasteiger partial charge is 0.320 e. The maximum absolute atomic E-state index is 11.4. The second-order valence-electron chi connectivity index (χ2n) is 5.56. The third-order valence-corrected chi connectivity index (χ3v) is 4.78. The standard InChI is InChI=1S/C15H20ClNO2S/c1-9(2)7-13(15(18)19)17-12-5-6-20-14-4-3-10(16)8-11(12)14/h3-4,8-9,12-13,17H,5-7H2,1-2H3,(H,18,19). The second kappa shape index (κ2) is 6.83. The number of nitrogens with one attached hydrogen (secondary N) is 1. The van der Waals surface area contributed by atoms with Crippen LogP contribution < -0.4 is 5.32 Å². The van der Waals surface area contributed by atoms with Crippen molar-refractivity contribution in [3.63, 3.8) is 0 Å². The zero-order chi connectivity index (χ0) is 14.7. The highest BCUT2D eigenvalue weighted by molar-refractivity contribution is 7.99. The summed E-state index contributed by atoms with van der Waals surface area (Å²) in [7, 11) is 0. The van der Waals surface area contributed by atoms with Crippen LogP contribution in [-0.2, 0) is 4.79 Å². The van der Waals surface area contributed by atoms with Gasteiger partial charge in [-0.2, -0.15) is 0 Å². The number of hydrogen-bond donors (Lipinski definition) is 2. The molecule has 5 heteroatoms. The summed E-state index contributed by atoms with van der Waals surface area (Å²) in [5, 5.41) is 13.4. The Balaban J connectivity index is 2.17. The molecule has 0 saturated heterocycles. The van der Waals surface area contributed by atoms with Crippen molar-refractivity contribution in [2.75, 3.05) is 5.75 Å². The normalized spacial score (nSPS) is 19.7. The van der Waals surface area contributed by atoms with Gasteiger partial charge in [0.05, 0.1) is 0 Å². The van der Waals surface area contributed by atoms with Crippen LogP contribution in [0.5, 0.6) is 0 Å². The zero-order valence-electron chi connectivity index (χ0n) is 11.7. The highest BCUT2D eigenvalue weighted by atomic mass is 35.5. The van der Waals surface area contributed by atoms with Crippen LogP contribution in [0.15, 0.2) is 23.1 Å². The van der Waals surface area contributed by atoms with Gasteiger partial charge < -0.3 is 5.11 Å². The average molecular weight is 314 g/mol. The summed E-state index contributed by atoms with van der Waals surface area (Å²) in [6, 6.07) is 5.43. The second-order valence-corrected chi connectivity index (χ2v) is 7.13. The van der Waals surface area contributed by atoms with E-state index >= 15 is 0 Å². The van der Waals surface area contributed by atoms with Crippen LogP contribution in [0.1, 0.15) is 38.3 Å². The van der Waals surface area contributed by atoms with Crippen molar-refractivity contribution in [1.29, 1.82) is 0 Å². The molecule has 0 aromatic heterocycles. The fourth-order valence-corrected chi connectivity index (χ4v) is 3.78. The number of carbonyl (C=O) groups is 1. The van der Waals surface area contributed by atoms with Crippen LogP contribution >= 0.6 is 23.4 Å². The number of rotatable bonds is 5. The quantitative estimate of drug-likeness (QED) is 0.863. The molecule has 20 heavy (non-hydrogen) atoms. The first-order valence-electron chi connectivity index (χ1n) is 6.88. The minimum atomic E-state index is -0.777. The highest BCUT2D eigenvalue weighted by Crippen LogP contribution is 2.37. The first-order chi connectivity index (χ1) is 9.47. The average Bonchev–Trinajstić information content (AvgIpc) is 2.38. The Morgan fingerprint density at radius 3 is 2.95 bits per heavy atom. The van der Waals surface area contributed by atoms with Gasteiger partial charge in [-0.05, 0) is 48.3 Å². The first-order valence-corrected chi connectivity index (χ1v) is 8.25. The van der Waals surface area contributed by atoms with Gasteiger partial charge in [-0.3, -0.25) is 10.1 Å². The molecule has 2 N–H and O–H groups in total. The lowest BCUT2D eigenvalue weighted by Crippen LogP contribution is -2.41. The summed E-state index contributed by atoms with van der Waals surface area (Å²) < 4.78 is 0. The van der Waals surface area contributed by atoms with E-state index in [-0.39, 0.29) is 6.04 Å². The van der Waals surface area contributed by atoms with Gasteiger partial charge in [0.2, 0.25) is 0 Å². The number of thioether (sulfide) groups is 1. The lowest BCUT2D eigenvalue weighted by Gasteiger charge is -2.29. The number of benzene rings is 1. The predicted octanol–water partition coefficient (Wildman–Crippen LogP) is 3.97. The number of halogens is 1. The minimum Gasteiger partial charge on any atom is -0.480 e. The van der Waals surface area contributed by atoms with E-state index in [2.05, 4.69) is 5.32 Å². The molecule has 1 aromatic carbocycles. The minimum absolute atomic E-state index is 0.0739. The van der Waals surface area contributed by atoms with Gasteiger partial charge in [0, 0.05) is 16.0 Å². The topological polar surface area (TPSA) is 49.3 Å². The number of carboxylic acids is 1. The Morgan fingerprint density at radius 1 is 1.55 bits per heavy atom. The maximum atomic E-state index is 11.4. The Bertz CT molecular complexity index is 493. The molecule has 0 fully saturated rings. The van der Waals surface area contributed by atoms with Crippen LogP contribution in [-0.4, -0.2) is 22.9 Å². The largest absolute Gasteiger partial charge is 0.480 e. The molecule has 2 unspecified atom stereocenters. The van der Waals surface area contributed by atoms with Crippen molar-refractivity contribution in [1.82, 2.24) is 5.32 Å². The van der Waals surface area contributed by atoms with Crippen LogP contribution in [0.2, 0.25) is 5.02 Å². The summed E-state index contributed by atoms with van der Waals surface area (Å²) >= 11 is 7.88. The molecule has 3 nitrogen and oxygen atoms in total. The van der Waals surface area contributed by atoms with Crippen molar-refractivity contribution < 1.29 is 9.90 Å². The van der Waals surface area contributed by atoms with E-state index < -0.39 is 12.0 Å². The Kier molecular flexibility index (Phi) is 5.35. The molecule has 2 rings (SSSR count). The summed E-state index contributed by atoms with van der Waals surface area (Å²) in [6.45, 7) is 4.08. The van der Waals surface area contributed by atoms with E-state index in [1.807, 2.05) is 32.0 Å². The predicted molar refractivity (Wildman–Crippen MR) is 83.5 cm³/mol. The summed E-state index contributed by atoms with van der Waals surface area (Å²) in [6.07, 6.45) is 1.56. The van der Waals surface area contributed by atoms with Gasteiger partial charge in [-0.1, -0.05) is 25.4 Å². The summed E-state index contributed by atoms with van der Waals surface area (Å²) in [4.78, 5) is 12.6. The van der Waals surface area contributed by atoms with E-state index in [0.717, 1.165) is 17.7 Å². The molecule has 1 aliphatic rings. The van der Waals surface area contributed by atoms with Crippen molar-refractivity contribution >= 4 is 29.3 Å². The summed E-state index contributed by atoms with van der Waals surface area (Å²) in [5.74, 6) is 0.571. The molecule has 0 radical (unpaired) electrons. The van der Waals surface area contributed by atoms with Crippen molar-refractivity contribution in [3.05, 3.63) is 28.8 Å². The van der Waals surface area contributed by atoms with Crippen LogP contribution in [0.25, 0.3) is 0 Å². The molecule has 0 spiro atoms. The number of aliphatic carboxylic acids is 1. The molecule has 0 saturated carbocycles. The maximum Gasteiger partial charge on any atom is 0.320 e. The number of carboxylic acid groups (broad SMARTS) is 1. The Hall–Kier alpha value is -0.710. The number of fused-ring (bicyclic) bond motifs is 1. The van der Waals surface area contributed by atoms with Gasteiger partial charge in [0.15, 0.2) is 0 Å². The van der Waals surface area contributed by atoms with Gasteiger partial charge in [0.1, 0.15) is 6.04 Å². The number of hydrogen-bond acceptors (Lipinski definition) is 3. The SMILES string of the molecule is CC(C)CC(NC1CCSc2ccc(Cl)cc21)C(=O)O. The molecule has 2 atom stereocenters. The Morgan fingerprint density at radius 2 is 2.30 bits per heavy atom. The Labute approximate surface area is 129 Å². The molecule has 1 heterocycles. The van der Waals surface area contributed by atoms with E-state index in [4.69, 9.17) is 11.6 Å². The lowest BCUT2D eigenvalue weighted by atomic mass is 9.99. The fraction of sp³-hybridized carbons (Fsp3) is 0.533. The van der Waals surface area contributed by atoms with Crippen LogP contribution in [0.4, 0.5) is 0 Å². The van der Waals surface area contributed by atoms with E-state index in [0.29, 0.717) is 17.4 Å². The van der Waals surface area contributed by atoms with Crippen molar-refractivity contribution in [3.8, 4) is 0 Å². The fourth-order valence-electron chi connectivity index (χ4n) is 2.49. The van der Waals surface area contributed by atoms with Crippen LogP contribution in [0.3, 0.4) is 0 Å². The van der Waals surface area contributed by atoms with Gasteiger partial charge in [0.25, 0.3) is 0 Å².